The molecule has 2 bridgehead atoms. The van der Waals surface area contributed by atoms with Gasteiger partial charge >= 0.3 is 0 Å². The zero-order valence-electron chi connectivity index (χ0n) is 14.4. The lowest BCUT2D eigenvalue weighted by Crippen LogP contribution is -2.54. The number of nitrogens with one attached hydrogen (secondary N) is 2. The first-order chi connectivity index (χ1) is 12.1. The second-order valence-electron chi connectivity index (χ2n) is 7.95. The number of hydrogen-bond donors (Lipinski definition) is 3. The minimum absolute atomic E-state index is 0.152. The van der Waals surface area contributed by atoms with Gasteiger partial charge in [0.05, 0.1) is 12.0 Å². The molecule has 4 rings (SSSR count). The van der Waals surface area contributed by atoms with Crippen LogP contribution < -0.4 is 10.6 Å². The van der Waals surface area contributed by atoms with E-state index in [0.29, 0.717) is 5.92 Å². The lowest BCUT2D eigenvalue weighted by Gasteiger charge is -2.26. The van der Waals surface area contributed by atoms with Crippen LogP contribution in [0, 0.1) is 11.8 Å². The Balaban J connectivity index is 1.38. The number of benzene rings is 1. The summed E-state index contributed by atoms with van der Waals surface area (Å²) in [6.07, 6.45) is 6.28. The normalized spacial score (nSPS) is 29.9. The summed E-state index contributed by atoms with van der Waals surface area (Å²) < 4.78 is 0. The minimum atomic E-state index is -0.868. The van der Waals surface area contributed by atoms with Crippen molar-refractivity contribution < 1.29 is 14.7 Å². The van der Waals surface area contributed by atoms with Crippen LogP contribution in [0.25, 0.3) is 0 Å². The number of fused-ring (bicyclic) bond motifs is 2. The quantitative estimate of drug-likeness (QED) is 0.733. The molecule has 3 N–H and O–H groups in total. The molecule has 0 heterocycles. The van der Waals surface area contributed by atoms with Gasteiger partial charge in [0.1, 0.15) is 6.04 Å². The molecule has 0 spiro atoms. The van der Waals surface area contributed by atoms with Crippen LogP contribution >= 0.6 is 0 Å². The van der Waals surface area contributed by atoms with Gasteiger partial charge in [-0.25, -0.2) is 0 Å². The predicted octanol–water partition coefficient (Wildman–Crippen LogP) is 1.50. The molecule has 3 aliphatic rings. The van der Waals surface area contributed by atoms with Gasteiger partial charge in [-0.1, -0.05) is 36.8 Å². The second kappa shape index (κ2) is 6.45. The first-order valence-corrected chi connectivity index (χ1v) is 9.40. The molecule has 5 heteroatoms. The molecule has 3 aliphatic carbocycles. The van der Waals surface area contributed by atoms with E-state index < -0.39 is 11.5 Å². The first kappa shape index (κ1) is 16.6. The highest BCUT2D eigenvalue weighted by Crippen LogP contribution is 2.48. The average molecular weight is 342 g/mol. The van der Waals surface area contributed by atoms with E-state index in [4.69, 9.17) is 0 Å². The van der Waals surface area contributed by atoms with E-state index in [9.17, 15) is 14.7 Å². The van der Waals surface area contributed by atoms with E-state index in [1.165, 1.54) is 19.3 Å². The van der Waals surface area contributed by atoms with Crippen molar-refractivity contribution in [1.29, 1.82) is 0 Å². The van der Waals surface area contributed by atoms with Crippen molar-refractivity contribution in [2.45, 2.75) is 56.0 Å². The molecule has 134 valence electrons. The van der Waals surface area contributed by atoms with E-state index in [0.717, 1.165) is 30.7 Å². The molecular formula is C20H26N2O3. The Kier molecular flexibility index (Phi) is 4.28. The Morgan fingerprint density at radius 3 is 2.48 bits per heavy atom. The highest BCUT2D eigenvalue weighted by atomic mass is 16.3. The number of carbonyl (C=O) groups is 2. The third kappa shape index (κ3) is 3.06. The van der Waals surface area contributed by atoms with Crippen molar-refractivity contribution >= 4 is 11.8 Å². The molecule has 4 atom stereocenters. The molecule has 3 fully saturated rings. The summed E-state index contributed by atoms with van der Waals surface area (Å²) in [6.45, 7) is -0.372. The summed E-state index contributed by atoms with van der Waals surface area (Å²) in [5.41, 5.74) is 0.458. The van der Waals surface area contributed by atoms with Gasteiger partial charge in [-0.3, -0.25) is 9.59 Å². The van der Waals surface area contributed by atoms with Crippen molar-refractivity contribution in [1.82, 2.24) is 10.6 Å². The molecule has 5 nitrogen and oxygen atoms in total. The summed E-state index contributed by atoms with van der Waals surface area (Å²) in [4.78, 5) is 25.3. The fourth-order valence-electron chi connectivity index (χ4n) is 4.72. The van der Waals surface area contributed by atoms with E-state index in [2.05, 4.69) is 10.6 Å². The fourth-order valence-corrected chi connectivity index (χ4v) is 4.72. The number of hydrogen-bond acceptors (Lipinski definition) is 3. The van der Waals surface area contributed by atoms with Gasteiger partial charge in [-0.15, -0.1) is 0 Å². The lowest BCUT2D eigenvalue weighted by atomic mass is 9.94. The molecule has 4 unspecified atom stereocenters. The van der Waals surface area contributed by atoms with E-state index >= 15 is 0 Å². The molecule has 0 aliphatic heterocycles. The van der Waals surface area contributed by atoms with Gasteiger partial charge in [0.25, 0.3) is 0 Å². The third-order valence-corrected chi connectivity index (χ3v) is 6.38. The second-order valence-corrected chi connectivity index (χ2v) is 7.95. The van der Waals surface area contributed by atoms with Crippen LogP contribution in [0.3, 0.4) is 0 Å². The average Bonchev–Trinajstić information content (AvgIpc) is 3.20. The fraction of sp³-hybridized carbons (Fsp3) is 0.600. The summed E-state index contributed by atoms with van der Waals surface area (Å²) >= 11 is 0. The van der Waals surface area contributed by atoms with Gasteiger partial charge in [-0.05, 0) is 49.5 Å². The topological polar surface area (TPSA) is 78.4 Å². The maximum absolute atomic E-state index is 12.8. The molecule has 0 aromatic heterocycles. The maximum atomic E-state index is 12.8. The van der Waals surface area contributed by atoms with Crippen LogP contribution in [0.15, 0.2) is 30.3 Å². The van der Waals surface area contributed by atoms with Crippen molar-refractivity contribution in [3.05, 3.63) is 35.9 Å². The monoisotopic (exact) mass is 342 g/mol. The largest absolute Gasteiger partial charge is 0.394 e. The third-order valence-electron chi connectivity index (χ3n) is 6.38. The SMILES string of the molecule is O=C(NC1CC2CCC1C2)C(CO)NC(=O)C1(c2ccccc2)CC1. The number of aliphatic hydroxyl groups is 1. The Morgan fingerprint density at radius 1 is 1.16 bits per heavy atom. The van der Waals surface area contributed by atoms with Crippen molar-refractivity contribution in [2.24, 2.45) is 11.8 Å². The molecule has 0 radical (unpaired) electrons. The van der Waals surface area contributed by atoms with Gasteiger partial charge in [0, 0.05) is 6.04 Å². The van der Waals surface area contributed by atoms with Crippen molar-refractivity contribution in [3.63, 3.8) is 0 Å². The van der Waals surface area contributed by atoms with Gasteiger partial charge in [0.15, 0.2) is 0 Å². The molecule has 1 aromatic carbocycles. The molecule has 2 amide bonds. The Hall–Kier alpha value is -1.88. The highest BCUT2D eigenvalue weighted by molar-refractivity contribution is 5.95. The summed E-state index contributed by atoms with van der Waals surface area (Å²) in [5.74, 6) is 0.909. The molecule has 0 saturated heterocycles. The van der Waals surface area contributed by atoms with Crippen LogP contribution in [0.5, 0.6) is 0 Å². The zero-order chi connectivity index (χ0) is 17.4. The van der Waals surface area contributed by atoms with Crippen molar-refractivity contribution in [2.75, 3.05) is 6.61 Å². The highest BCUT2D eigenvalue weighted by Gasteiger charge is 2.52. The predicted molar refractivity (Wildman–Crippen MR) is 93.7 cm³/mol. The van der Waals surface area contributed by atoms with Crippen molar-refractivity contribution in [3.8, 4) is 0 Å². The molecule has 25 heavy (non-hydrogen) atoms. The smallest absolute Gasteiger partial charge is 0.245 e. The number of carbonyl (C=O) groups excluding carboxylic acids is 2. The zero-order valence-corrected chi connectivity index (χ0v) is 14.4. The Labute approximate surface area is 148 Å². The van der Waals surface area contributed by atoms with Crippen LogP contribution in [0.2, 0.25) is 0 Å². The van der Waals surface area contributed by atoms with Gasteiger partial charge in [-0.2, -0.15) is 0 Å². The number of rotatable bonds is 6. The Bertz CT molecular complexity index is 656. The number of amides is 2. The molecule has 3 saturated carbocycles. The Morgan fingerprint density at radius 2 is 1.92 bits per heavy atom. The van der Waals surface area contributed by atoms with E-state index in [1.807, 2.05) is 30.3 Å². The summed E-state index contributed by atoms with van der Waals surface area (Å²) in [7, 11) is 0. The minimum Gasteiger partial charge on any atom is -0.394 e. The maximum Gasteiger partial charge on any atom is 0.245 e. The number of aliphatic hydroxyl groups excluding tert-OH is 1. The van der Waals surface area contributed by atoms with Crippen LogP contribution in [-0.4, -0.2) is 35.6 Å². The van der Waals surface area contributed by atoms with Crippen LogP contribution in [0.4, 0.5) is 0 Å². The lowest BCUT2D eigenvalue weighted by molar-refractivity contribution is -0.131. The van der Waals surface area contributed by atoms with Crippen LogP contribution in [0.1, 0.15) is 44.1 Å². The molecule has 1 aromatic rings. The molecular weight excluding hydrogens is 316 g/mol. The summed E-state index contributed by atoms with van der Waals surface area (Å²) in [5, 5.41) is 15.5. The van der Waals surface area contributed by atoms with E-state index in [1.54, 1.807) is 0 Å². The summed E-state index contributed by atoms with van der Waals surface area (Å²) in [6, 6.07) is 9.03. The van der Waals surface area contributed by atoms with Crippen LogP contribution in [-0.2, 0) is 15.0 Å². The van der Waals surface area contributed by atoms with Gasteiger partial charge < -0.3 is 15.7 Å². The first-order valence-electron chi connectivity index (χ1n) is 9.40. The van der Waals surface area contributed by atoms with Gasteiger partial charge in [0.2, 0.25) is 11.8 Å². The van der Waals surface area contributed by atoms with E-state index in [-0.39, 0.29) is 24.5 Å². The standard InChI is InChI=1S/C20H26N2O3/c23-12-17(18(24)21-16-11-13-6-7-14(16)10-13)22-19(25)20(8-9-20)15-4-2-1-3-5-15/h1-5,13-14,16-17,23H,6-12H2,(H,21,24)(H,22,25).